The molecule has 0 fully saturated rings. The first-order chi connectivity index (χ1) is 10.6. The Balaban J connectivity index is 2.15. The van der Waals surface area contributed by atoms with Crippen molar-refractivity contribution in [3.8, 4) is 0 Å². The van der Waals surface area contributed by atoms with Gasteiger partial charge in [0.15, 0.2) is 11.5 Å². The average molecular weight is 294 g/mol. The quantitative estimate of drug-likeness (QED) is 0.739. The van der Waals surface area contributed by atoms with Crippen LogP contribution in [0.15, 0.2) is 52.8 Å². The van der Waals surface area contributed by atoms with Gasteiger partial charge in [-0.05, 0) is 43.2 Å². The van der Waals surface area contributed by atoms with E-state index in [1.54, 1.807) is 10.6 Å². The van der Waals surface area contributed by atoms with Crippen LogP contribution in [0.25, 0.3) is 5.65 Å². The summed E-state index contributed by atoms with van der Waals surface area (Å²) < 4.78 is 1.64. The van der Waals surface area contributed by atoms with Gasteiger partial charge in [-0.2, -0.15) is 0 Å². The van der Waals surface area contributed by atoms with Crippen molar-refractivity contribution in [3.05, 3.63) is 59.4 Å². The molecule has 0 amide bonds. The second kappa shape index (κ2) is 5.40. The molecule has 3 rings (SSSR count). The number of pyridine rings is 1. The highest BCUT2D eigenvalue weighted by molar-refractivity contribution is 5.92. The zero-order valence-electron chi connectivity index (χ0n) is 12.2. The lowest BCUT2D eigenvalue weighted by Gasteiger charge is -1.98. The third-order valence-corrected chi connectivity index (χ3v) is 3.28. The number of nitrogens with zero attached hydrogens (tertiary/aromatic N) is 4. The van der Waals surface area contributed by atoms with E-state index in [4.69, 9.17) is 0 Å². The summed E-state index contributed by atoms with van der Waals surface area (Å²) >= 11 is 0. The van der Waals surface area contributed by atoms with E-state index in [9.17, 15) is 9.90 Å². The van der Waals surface area contributed by atoms with E-state index in [0.29, 0.717) is 11.3 Å². The number of rotatable bonds is 3. The molecule has 3 aromatic rings. The molecule has 0 aliphatic carbocycles. The minimum atomic E-state index is -1.12. The molecule has 22 heavy (non-hydrogen) atoms. The average Bonchev–Trinajstić information content (AvgIpc) is 2.86. The number of imidazole rings is 1. The van der Waals surface area contributed by atoms with E-state index in [0.717, 1.165) is 11.1 Å². The van der Waals surface area contributed by atoms with Gasteiger partial charge in [0.1, 0.15) is 5.65 Å². The second-order valence-corrected chi connectivity index (χ2v) is 5.01. The molecule has 0 spiro atoms. The normalized spacial score (nSPS) is 11.4. The maximum absolute atomic E-state index is 11.4. The van der Waals surface area contributed by atoms with Gasteiger partial charge in [0.25, 0.3) is 0 Å². The van der Waals surface area contributed by atoms with E-state index in [2.05, 4.69) is 15.2 Å². The Hall–Kier alpha value is -3.02. The number of carboxylic acids is 1. The largest absolute Gasteiger partial charge is 0.476 e. The third kappa shape index (κ3) is 2.46. The molecule has 0 radical (unpaired) electrons. The number of hydrogen-bond acceptors (Lipinski definition) is 4. The molecule has 2 heterocycles. The highest BCUT2D eigenvalue weighted by atomic mass is 16.4. The molecule has 6 heteroatoms. The topological polar surface area (TPSA) is 79.3 Å². The van der Waals surface area contributed by atoms with Gasteiger partial charge in [0.2, 0.25) is 0 Å². The fourth-order valence-electron chi connectivity index (χ4n) is 2.23. The maximum Gasteiger partial charge on any atom is 0.358 e. The fourth-order valence-corrected chi connectivity index (χ4v) is 2.23. The highest BCUT2D eigenvalue weighted by Gasteiger charge is 2.19. The monoisotopic (exact) mass is 294 g/mol. The molecule has 0 atom stereocenters. The Morgan fingerprint density at radius 2 is 2.00 bits per heavy atom. The zero-order valence-corrected chi connectivity index (χ0v) is 12.2. The molecule has 0 bridgehead atoms. The van der Waals surface area contributed by atoms with Crippen molar-refractivity contribution in [1.82, 2.24) is 9.38 Å². The van der Waals surface area contributed by atoms with Crippen molar-refractivity contribution < 1.29 is 9.90 Å². The van der Waals surface area contributed by atoms with Gasteiger partial charge < -0.3 is 5.11 Å². The van der Waals surface area contributed by atoms with Crippen LogP contribution in [0.3, 0.4) is 0 Å². The summed E-state index contributed by atoms with van der Waals surface area (Å²) in [6.07, 6.45) is 1.73. The molecule has 6 nitrogen and oxygen atoms in total. The van der Waals surface area contributed by atoms with Crippen LogP contribution in [-0.4, -0.2) is 20.5 Å². The predicted molar refractivity (Wildman–Crippen MR) is 82.2 cm³/mol. The van der Waals surface area contributed by atoms with Gasteiger partial charge in [-0.1, -0.05) is 18.2 Å². The first kappa shape index (κ1) is 13.9. The number of benzene rings is 1. The Morgan fingerprint density at radius 3 is 2.73 bits per heavy atom. The highest BCUT2D eigenvalue weighted by Crippen LogP contribution is 2.25. The number of carbonyl (C=O) groups is 1. The number of hydrogen-bond donors (Lipinski definition) is 1. The van der Waals surface area contributed by atoms with Gasteiger partial charge in [0.05, 0.1) is 5.69 Å². The Bertz CT molecular complexity index is 896. The van der Waals surface area contributed by atoms with Gasteiger partial charge in [-0.15, -0.1) is 10.2 Å². The first-order valence-electron chi connectivity index (χ1n) is 6.75. The van der Waals surface area contributed by atoms with Crippen LogP contribution in [-0.2, 0) is 0 Å². The number of carboxylic acid groups (broad SMARTS) is 1. The van der Waals surface area contributed by atoms with Crippen LogP contribution in [0.4, 0.5) is 11.5 Å². The molecule has 0 unspecified atom stereocenters. The summed E-state index contributed by atoms with van der Waals surface area (Å²) in [7, 11) is 0. The van der Waals surface area contributed by atoms with Crippen LogP contribution in [0.2, 0.25) is 0 Å². The van der Waals surface area contributed by atoms with Crippen molar-refractivity contribution in [2.75, 3.05) is 0 Å². The summed E-state index contributed by atoms with van der Waals surface area (Å²) in [5.41, 5.74) is 3.06. The summed E-state index contributed by atoms with van der Waals surface area (Å²) in [5, 5.41) is 17.6. The fraction of sp³-hybridized carbons (Fsp3) is 0.125. The zero-order chi connectivity index (χ0) is 15.7. The Morgan fingerprint density at radius 1 is 1.18 bits per heavy atom. The number of fused-ring (bicyclic) bond motifs is 1. The van der Waals surface area contributed by atoms with Crippen molar-refractivity contribution in [3.63, 3.8) is 0 Å². The lowest BCUT2D eigenvalue weighted by atomic mass is 10.2. The molecule has 110 valence electrons. The van der Waals surface area contributed by atoms with E-state index < -0.39 is 5.97 Å². The van der Waals surface area contributed by atoms with Crippen LogP contribution in [0, 0.1) is 13.8 Å². The molecular formula is C16H14N4O2. The molecule has 0 saturated carbocycles. The van der Waals surface area contributed by atoms with Crippen LogP contribution in [0.1, 0.15) is 21.6 Å². The minimum Gasteiger partial charge on any atom is -0.476 e. The smallest absolute Gasteiger partial charge is 0.358 e. The molecule has 1 N–H and O–H groups in total. The van der Waals surface area contributed by atoms with Crippen molar-refractivity contribution in [1.29, 1.82) is 0 Å². The maximum atomic E-state index is 11.4. The number of azo groups is 1. The second-order valence-electron chi connectivity index (χ2n) is 5.01. The summed E-state index contributed by atoms with van der Waals surface area (Å²) in [5.74, 6) is -0.908. The molecule has 0 aliphatic rings. The van der Waals surface area contributed by atoms with Crippen molar-refractivity contribution in [2.24, 2.45) is 10.2 Å². The number of aryl methyl sites for hydroxylation is 2. The first-order valence-corrected chi connectivity index (χ1v) is 6.75. The van der Waals surface area contributed by atoms with Gasteiger partial charge in [-0.3, -0.25) is 4.40 Å². The number of aromatic carboxylic acids is 1. The van der Waals surface area contributed by atoms with Crippen LogP contribution < -0.4 is 0 Å². The molecule has 1 aromatic carbocycles. The van der Waals surface area contributed by atoms with Gasteiger partial charge in [-0.25, -0.2) is 9.78 Å². The minimum absolute atomic E-state index is 0.106. The van der Waals surface area contributed by atoms with E-state index in [1.807, 2.05) is 50.2 Å². The SMILES string of the molecule is Cc1cccc(N=Nc2c(C(=O)O)nc3c(C)cccn23)c1. The van der Waals surface area contributed by atoms with Crippen molar-refractivity contribution >= 4 is 23.1 Å². The number of aromatic nitrogens is 2. The van der Waals surface area contributed by atoms with Gasteiger partial charge in [0, 0.05) is 6.20 Å². The Kier molecular flexibility index (Phi) is 3.42. The summed E-state index contributed by atoms with van der Waals surface area (Å²) in [4.78, 5) is 15.5. The van der Waals surface area contributed by atoms with Crippen LogP contribution in [0.5, 0.6) is 0 Å². The summed E-state index contributed by atoms with van der Waals surface area (Å²) in [6, 6.07) is 11.2. The standard InChI is InChI=1S/C16H14N4O2/c1-10-5-3-7-12(9-10)18-19-15-13(16(21)22)17-14-11(2)6-4-8-20(14)15/h3-9H,1-2H3,(H,21,22). The van der Waals surface area contributed by atoms with E-state index in [1.165, 1.54) is 0 Å². The van der Waals surface area contributed by atoms with Crippen molar-refractivity contribution in [2.45, 2.75) is 13.8 Å². The Labute approximate surface area is 126 Å². The van der Waals surface area contributed by atoms with E-state index >= 15 is 0 Å². The lowest BCUT2D eigenvalue weighted by Crippen LogP contribution is -1.96. The van der Waals surface area contributed by atoms with Gasteiger partial charge >= 0.3 is 5.97 Å². The van der Waals surface area contributed by atoms with Crippen LogP contribution >= 0.6 is 0 Å². The summed E-state index contributed by atoms with van der Waals surface area (Å²) in [6.45, 7) is 3.83. The molecular weight excluding hydrogens is 280 g/mol. The van der Waals surface area contributed by atoms with E-state index in [-0.39, 0.29) is 11.5 Å². The lowest BCUT2D eigenvalue weighted by molar-refractivity contribution is 0.0692. The third-order valence-electron chi connectivity index (χ3n) is 3.28. The molecule has 0 saturated heterocycles. The molecule has 0 aliphatic heterocycles. The predicted octanol–water partition coefficient (Wildman–Crippen LogP) is 4.06. The molecule has 2 aromatic heterocycles.